The molecule has 29 heavy (non-hydrogen) atoms. The highest BCUT2D eigenvalue weighted by Gasteiger charge is 2.27. The number of carbonyl (C=O) groups excluding carboxylic acids is 1. The molecule has 1 aliphatic heterocycles. The monoisotopic (exact) mass is 412 g/mol. The lowest BCUT2D eigenvalue weighted by Gasteiger charge is -2.32. The van der Waals surface area contributed by atoms with Gasteiger partial charge in [0.15, 0.2) is 0 Å². The number of anilines is 1. The van der Waals surface area contributed by atoms with Crippen LogP contribution in [0.25, 0.3) is 5.69 Å². The second kappa shape index (κ2) is 8.39. The van der Waals surface area contributed by atoms with Crippen molar-refractivity contribution in [2.75, 3.05) is 18.4 Å². The van der Waals surface area contributed by atoms with Gasteiger partial charge in [0.25, 0.3) is 0 Å². The highest BCUT2D eigenvalue weighted by atomic mass is 35.5. The lowest BCUT2D eigenvalue weighted by molar-refractivity contribution is -0.121. The average molecular weight is 413 g/mol. The van der Waals surface area contributed by atoms with Gasteiger partial charge in [0, 0.05) is 43.8 Å². The van der Waals surface area contributed by atoms with E-state index in [0.29, 0.717) is 5.15 Å². The highest BCUT2D eigenvalue weighted by molar-refractivity contribution is 6.30. The van der Waals surface area contributed by atoms with Gasteiger partial charge in [-0.1, -0.05) is 17.7 Å². The molecule has 152 valence electrons. The Morgan fingerprint density at radius 1 is 1.34 bits per heavy atom. The zero-order chi connectivity index (χ0) is 20.4. The number of hydrogen-bond acceptors (Lipinski definition) is 4. The number of aromatic nitrogens is 4. The van der Waals surface area contributed by atoms with Crippen molar-refractivity contribution >= 4 is 23.2 Å². The first-order chi connectivity index (χ1) is 14.0. The molecule has 1 aromatic carbocycles. The number of aryl methyl sites for hydroxylation is 2. The summed E-state index contributed by atoms with van der Waals surface area (Å²) in [7, 11) is 1.85. The fourth-order valence-electron chi connectivity index (χ4n) is 3.88. The Kier molecular flexibility index (Phi) is 5.69. The summed E-state index contributed by atoms with van der Waals surface area (Å²) in [6.45, 7) is 4.37. The quantitative estimate of drug-likeness (QED) is 0.697. The molecule has 0 radical (unpaired) electrons. The van der Waals surface area contributed by atoms with Crippen molar-refractivity contribution in [3.8, 4) is 5.69 Å². The molecule has 8 heteroatoms. The first kappa shape index (κ1) is 19.7. The van der Waals surface area contributed by atoms with Crippen molar-refractivity contribution in [3.05, 3.63) is 59.1 Å². The standard InChI is InChI=1S/C21H25ClN6O/c1-15-19(20(22)26(2)25-15)14-27-10-4-6-16(13-27)21(29)24-17-7-3-8-18(12-17)28-11-5-9-23-28/h3,5,7-9,11-12,16H,4,6,10,13-14H2,1-2H3,(H,24,29)/t16-/m0/s1. The molecular weight excluding hydrogens is 388 g/mol. The maximum absolute atomic E-state index is 12.9. The van der Waals surface area contributed by atoms with Gasteiger partial charge in [0.2, 0.25) is 5.91 Å². The zero-order valence-corrected chi connectivity index (χ0v) is 17.4. The van der Waals surface area contributed by atoms with Crippen LogP contribution >= 0.6 is 11.6 Å². The van der Waals surface area contributed by atoms with Crippen LogP contribution < -0.4 is 5.32 Å². The van der Waals surface area contributed by atoms with Crippen LogP contribution in [0, 0.1) is 12.8 Å². The van der Waals surface area contributed by atoms with E-state index >= 15 is 0 Å². The van der Waals surface area contributed by atoms with Crippen molar-refractivity contribution in [1.29, 1.82) is 0 Å². The Balaban J connectivity index is 1.41. The van der Waals surface area contributed by atoms with Gasteiger partial charge in [-0.15, -0.1) is 0 Å². The summed E-state index contributed by atoms with van der Waals surface area (Å²) < 4.78 is 3.48. The van der Waals surface area contributed by atoms with Crippen LogP contribution in [-0.4, -0.2) is 43.5 Å². The number of carbonyl (C=O) groups is 1. The molecule has 4 rings (SSSR count). The third-order valence-corrected chi connectivity index (χ3v) is 5.88. The van der Waals surface area contributed by atoms with Crippen molar-refractivity contribution in [2.24, 2.45) is 13.0 Å². The fraction of sp³-hybridized carbons (Fsp3) is 0.381. The summed E-state index contributed by atoms with van der Waals surface area (Å²) in [4.78, 5) is 15.2. The minimum absolute atomic E-state index is 0.0483. The number of nitrogens with zero attached hydrogens (tertiary/aromatic N) is 5. The van der Waals surface area contributed by atoms with Crippen molar-refractivity contribution in [3.63, 3.8) is 0 Å². The number of amides is 1. The highest BCUT2D eigenvalue weighted by Crippen LogP contribution is 2.25. The lowest BCUT2D eigenvalue weighted by Crippen LogP contribution is -2.40. The molecular formula is C21H25ClN6O. The summed E-state index contributed by atoms with van der Waals surface area (Å²) in [5.74, 6) is 0.00850. The van der Waals surface area contributed by atoms with E-state index in [1.807, 2.05) is 50.5 Å². The molecule has 0 aliphatic carbocycles. The van der Waals surface area contributed by atoms with Gasteiger partial charge in [-0.25, -0.2) is 4.68 Å². The largest absolute Gasteiger partial charge is 0.326 e. The van der Waals surface area contributed by atoms with Crippen molar-refractivity contribution < 1.29 is 4.79 Å². The molecule has 1 atom stereocenters. The van der Waals surface area contributed by atoms with Crippen molar-refractivity contribution in [1.82, 2.24) is 24.5 Å². The molecule has 1 saturated heterocycles. The summed E-state index contributed by atoms with van der Waals surface area (Å²) in [5, 5.41) is 12.4. The normalized spacial score (nSPS) is 17.4. The predicted octanol–water partition coefficient (Wildman–Crippen LogP) is 3.42. The van der Waals surface area contributed by atoms with E-state index in [1.54, 1.807) is 15.6 Å². The van der Waals surface area contributed by atoms with Crippen LogP contribution in [0.2, 0.25) is 5.15 Å². The van der Waals surface area contributed by atoms with Gasteiger partial charge >= 0.3 is 0 Å². The molecule has 0 unspecified atom stereocenters. The fourth-order valence-corrected chi connectivity index (χ4v) is 4.12. The Morgan fingerprint density at radius 2 is 2.21 bits per heavy atom. The Hall–Kier alpha value is -2.64. The molecule has 0 spiro atoms. The maximum Gasteiger partial charge on any atom is 0.228 e. The van der Waals surface area contributed by atoms with E-state index in [0.717, 1.165) is 55.1 Å². The minimum Gasteiger partial charge on any atom is -0.326 e. The SMILES string of the molecule is Cc1nn(C)c(Cl)c1CN1CCC[C@H](C(=O)Nc2cccc(-n3cccn3)c2)C1. The number of hydrogen-bond donors (Lipinski definition) is 1. The van der Waals surface area contributed by atoms with E-state index in [1.165, 1.54) is 0 Å². The Labute approximate surface area is 175 Å². The number of rotatable bonds is 5. The molecule has 1 fully saturated rings. The third kappa shape index (κ3) is 4.36. The smallest absolute Gasteiger partial charge is 0.228 e. The molecule has 0 bridgehead atoms. The van der Waals surface area contributed by atoms with Gasteiger partial charge in [0.1, 0.15) is 5.15 Å². The van der Waals surface area contributed by atoms with E-state index in [-0.39, 0.29) is 11.8 Å². The average Bonchev–Trinajstić information content (AvgIpc) is 3.33. The number of halogens is 1. The van der Waals surface area contributed by atoms with E-state index < -0.39 is 0 Å². The van der Waals surface area contributed by atoms with Crippen LogP contribution in [0.4, 0.5) is 5.69 Å². The van der Waals surface area contributed by atoms with E-state index in [2.05, 4.69) is 20.4 Å². The summed E-state index contributed by atoms with van der Waals surface area (Å²) in [5.41, 5.74) is 3.69. The molecule has 3 heterocycles. The summed E-state index contributed by atoms with van der Waals surface area (Å²) in [6, 6.07) is 9.60. The third-order valence-electron chi connectivity index (χ3n) is 5.41. The molecule has 0 saturated carbocycles. The molecule has 1 amide bonds. The molecule has 1 N–H and O–H groups in total. The molecule has 3 aromatic rings. The van der Waals surface area contributed by atoms with Crippen molar-refractivity contribution in [2.45, 2.75) is 26.3 Å². The van der Waals surface area contributed by atoms with Gasteiger partial charge < -0.3 is 5.32 Å². The predicted molar refractivity (Wildman–Crippen MR) is 113 cm³/mol. The van der Waals surface area contributed by atoms with Crippen LogP contribution in [0.15, 0.2) is 42.7 Å². The summed E-state index contributed by atoms with van der Waals surface area (Å²) >= 11 is 6.38. The van der Waals surface area contributed by atoms with Crippen LogP contribution in [0.3, 0.4) is 0 Å². The van der Waals surface area contributed by atoms with Gasteiger partial charge in [-0.2, -0.15) is 10.2 Å². The van der Waals surface area contributed by atoms with E-state index in [9.17, 15) is 4.79 Å². The molecule has 1 aliphatic rings. The number of likely N-dealkylation sites (tertiary alicyclic amines) is 1. The first-order valence-corrected chi connectivity index (χ1v) is 10.2. The van der Waals surface area contributed by atoms with Crippen LogP contribution in [0.1, 0.15) is 24.1 Å². The second-order valence-electron chi connectivity index (χ2n) is 7.54. The molecule has 7 nitrogen and oxygen atoms in total. The zero-order valence-electron chi connectivity index (χ0n) is 16.7. The molecule has 2 aromatic heterocycles. The van der Waals surface area contributed by atoms with Gasteiger partial charge in [-0.3, -0.25) is 14.4 Å². The second-order valence-corrected chi connectivity index (χ2v) is 7.90. The number of nitrogens with one attached hydrogen (secondary N) is 1. The first-order valence-electron chi connectivity index (χ1n) is 9.82. The lowest BCUT2D eigenvalue weighted by atomic mass is 9.96. The summed E-state index contributed by atoms with van der Waals surface area (Å²) in [6.07, 6.45) is 5.49. The number of piperidine rings is 1. The minimum atomic E-state index is -0.0483. The van der Waals surface area contributed by atoms with Gasteiger partial charge in [-0.05, 0) is 50.6 Å². The van der Waals surface area contributed by atoms with E-state index in [4.69, 9.17) is 11.6 Å². The topological polar surface area (TPSA) is 68.0 Å². The van der Waals surface area contributed by atoms with Gasteiger partial charge in [0.05, 0.1) is 17.3 Å². The van der Waals surface area contributed by atoms with Crippen LogP contribution in [0.5, 0.6) is 0 Å². The maximum atomic E-state index is 12.9. The Bertz CT molecular complexity index is 997. The van der Waals surface area contributed by atoms with Crippen LogP contribution in [-0.2, 0) is 18.4 Å². The number of benzene rings is 1. The Morgan fingerprint density at radius 3 is 2.93 bits per heavy atom.